The summed E-state index contributed by atoms with van der Waals surface area (Å²) in [4.78, 5) is 11.8. The van der Waals surface area contributed by atoms with Crippen molar-refractivity contribution in [1.82, 2.24) is 24.9 Å². The van der Waals surface area contributed by atoms with Crippen molar-refractivity contribution in [3.8, 4) is 22.9 Å². The number of nitrogens with zero attached hydrogens (tertiary/aromatic N) is 6. The van der Waals surface area contributed by atoms with Crippen molar-refractivity contribution in [2.45, 2.75) is 38.6 Å². The Bertz CT molecular complexity index is 1100. The number of hydrogen-bond donors (Lipinski definition) is 0. The summed E-state index contributed by atoms with van der Waals surface area (Å²) in [5, 5.41) is 8.96. The quantitative estimate of drug-likeness (QED) is 0.466. The lowest BCUT2D eigenvalue weighted by Gasteiger charge is -2.25. The molecule has 7 heteroatoms. The maximum Gasteiger partial charge on any atom is 0.182 e. The van der Waals surface area contributed by atoms with Gasteiger partial charge in [-0.15, -0.1) is 0 Å². The fourth-order valence-electron chi connectivity index (χ4n) is 4.08. The second-order valence-corrected chi connectivity index (χ2v) is 7.94. The molecule has 7 nitrogen and oxygen atoms in total. The van der Waals surface area contributed by atoms with Gasteiger partial charge in [-0.2, -0.15) is 5.10 Å². The highest BCUT2D eigenvalue weighted by molar-refractivity contribution is 5.63. The predicted molar refractivity (Wildman–Crippen MR) is 120 cm³/mol. The molecular weight excluding hydrogens is 388 g/mol. The van der Waals surface area contributed by atoms with E-state index in [0.29, 0.717) is 12.4 Å². The van der Waals surface area contributed by atoms with Crippen LogP contribution in [-0.2, 0) is 6.54 Å². The zero-order valence-electron chi connectivity index (χ0n) is 17.5. The lowest BCUT2D eigenvalue weighted by Crippen LogP contribution is -2.28. The van der Waals surface area contributed by atoms with Gasteiger partial charge in [0, 0.05) is 25.4 Å². The Morgan fingerprint density at radius 1 is 0.871 bits per heavy atom. The van der Waals surface area contributed by atoms with Crippen LogP contribution >= 0.6 is 0 Å². The highest BCUT2D eigenvalue weighted by Crippen LogP contribution is 2.26. The van der Waals surface area contributed by atoms with Crippen molar-refractivity contribution in [3.63, 3.8) is 0 Å². The second-order valence-electron chi connectivity index (χ2n) is 7.94. The Balaban J connectivity index is 1.48. The van der Waals surface area contributed by atoms with Crippen LogP contribution < -0.4 is 4.90 Å². The van der Waals surface area contributed by atoms with E-state index in [0.717, 1.165) is 41.6 Å². The van der Waals surface area contributed by atoms with Gasteiger partial charge >= 0.3 is 0 Å². The molecule has 1 aliphatic heterocycles. The maximum absolute atomic E-state index is 5.08. The van der Waals surface area contributed by atoms with Gasteiger partial charge in [-0.1, -0.05) is 54.8 Å². The van der Waals surface area contributed by atoms with Crippen molar-refractivity contribution in [3.05, 3.63) is 66.6 Å². The van der Waals surface area contributed by atoms with Crippen LogP contribution in [0.1, 0.15) is 37.7 Å². The van der Waals surface area contributed by atoms with Crippen LogP contribution in [0.15, 0.2) is 65.5 Å². The summed E-state index contributed by atoms with van der Waals surface area (Å²) >= 11 is 0. The summed E-state index contributed by atoms with van der Waals surface area (Å²) < 4.78 is 7.02. The SMILES string of the molecule is c1ccc(Cn2nc(-c3nccc(N4CCCCCCC4)n3)cc2-c2ccon2)cc1. The highest BCUT2D eigenvalue weighted by Gasteiger charge is 2.17. The van der Waals surface area contributed by atoms with E-state index >= 15 is 0 Å². The van der Waals surface area contributed by atoms with Crippen molar-refractivity contribution in [1.29, 1.82) is 0 Å². The van der Waals surface area contributed by atoms with Gasteiger partial charge in [0.1, 0.15) is 23.5 Å². The van der Waals surface area contributed by atoms with Crippen LogP contribution in [0.4, 0.5) is 5.82 Å². The van der Waals surface area contributed by atoms with Gasteiger partial charge < -0.3 is 9.42 Å². The van der Waals surface area contributed by atoms with E-state index in [9.17, 15) is 0 Å². The van der Waals surface area contributed by atoms with Gasteiger partial charge in [-0.25, -0.2) is 9.97 Å². The third-order valence-corrected chi connectivity index (χ3v) is 5.71. The molecule has 4 heterocycles. The zero-order valence-corrected chi connectivity index (χ0v) is 17.5. The highest BCUT2D eigenvalue weighted by atomic mass is 16.5. The van der Waals surface area contributed by atoms with E-state index in [4.69, 9.17) is 14.6 Å². The zero-order chi connectivity index (χ0) is 20.9. The van der Waals surface area contributed by atoms with Crippen molar-refractivity contribution < 1.29 is 4.52 Å². The molecule has 0 aliphatic carbocycles. The first-order valence-electron chi connectivity index (χ1n) is 11.0. The molecule has 1 aromatic carbocycles. The fraction of sp³-hybridized carbons (Fsp3) is 0.333. The third kappa shape index (κ3) is 4.50. The second kappa shape index (κ2) is 9.12. The molecule has 3 aromatic heterocycles. The van der Waals surface area contributed by atoms with Crippen LogP contribution in [-0.4, -0.2) is 38.0 Å². The largest absolute Gasteiger partial charge is 0.364 e. The topological polar surface area (TPSA) is 72.9 Å². The molecule has 0 N–H and O–H groups in total. The molecule has 4 aromatic rings. The maximum atomic E-state index is 5.08. The van der Waals surface area contributed by atoms with E-state index in [2.05, 4.69) is 27.2 Å². The molecule has 1 aliphatic rings. The number of aromatic nitrogens is 5. The third-order valence-electron chi connectivity index (χ3n) is 5.71. The molecule has 31 heavy (non-hydrogen) atoms. The van der Waals surface area contributed by atoms with Gasteiger partial charge in [0.25, 0.3) is 0 Å². The number of rotatable bonds is 5. The lowest BCUT2D eigenvalue weighted by atomic mass is 10.1. The first-order chi connectivity index (χ1) is 15.4. The van der Waals surface area contributed by atoms with E-state index in [1.165, 1.54) is 32.1 Å². The van der Waals surface area contributed by atoms with Crippen molar-refractivity contribution in [2.24, 2.45) is 0 Å². The van der Waals surface area contributed by atoms with Crippen molar-refractivity contribution in [2.75, 3.05) is 18.0 Å². The molecule has 0 amide bonds. The number of hydrogen-bond acceptors (Lipinski definition) is 6. The fourth-order valence-corrected chi connectivity index (χ4v) is 4.08. The molecule has 0 atom stereocenters. The van der Waals surface area contributed by atoms with Crippen LogP contribution in [0.2, 0.25) is 0 Å². The Kier molecular flexibility index (Phi) is 5.73. The normalized spacial score (nSPS) is 14.9. The molecular formula is C24H26N6O. The summed E-state index contributed by atoms with van der Waals surface area (Å²) in [6, 6.07) is 16.1. The van der Waals surface area contributed by atoms with Gasteiger partial charge in [-0.05, 0) is 30.5 Å². The van der Waals surface area contributed by atoms with Crippen LogP contribution in [0.5, 0.6) is 0 Å². The molecule has 0 spiro atoms. The first-order valence-corrected chi connectivity index (χ1v) is 11.0. The average molecular weight is 415 g/mol. The predicted octanol–water partition coefficient (Wildman–Crippen LogP) is 4.81. The van der Waals surface area contributed by atoms with E-state index in [1.54, 1.807) is 6.26 Å². The van der Waals surface area contributed by atoms with Crippen molar-refractivity contribution >= 4 is 5.82 Å². The summed E-state index contributed by atoms with van der Waals surface area (Å²) in [7, 11) is 0. The molecule has 0 bridgehead atoms. The molecule has 158 valence electrons. The molecule has 1 saturated heterocycles. The first kappa shape index (κ1) is 19.5. The minimum atomic E-state index is 0.634. The summed E-state index contributed by atoms with van der Waals surface area (Å²) in [5.74, 6) is 1.61. The molecule has 0 saturated carbocycles. The monoisotopic (exact) mass is 414 g/mol. The molecule has 5 rings (SSSR count). The summed E-state index contributed by atoms with van der Waals surface area (Å²) in [6.07, 6.45) is 9.75. The van der Waals surface area contributed by atoms with Crippen LogP contribution in [0.25, 0.3) is 22.9 Å². The Morgan fingerprint density at radius 3 is 2.45 bits per heavy atom. The number of anilines is 1. The smallest absolute Gasteiger partial charge is 0.182 e. The lowest BCUT2D eigenvalue weighted by molar-refractivity contribution is 0.421. The van der Waals surface area contributed by atoms with Gasteiger partial charge in [0.2, 0.25) is 0 Å². The van der Waals surface area contributed by atoms with Gasteiger partial charge in [0.15, 0.2) is 5.82 Å². The molecule has 0 unspecified atom stereocenters. The molecule has 1 fully saturated rings. The van der Waals surface area contributed by atoms with Gasteiger partial charge in [0.05, 0.1) is 12.2 Å². The summed E-state index contributed by atoms with van der Waals surface area (Å²) in [6.45, 7) is 2.72. The van der Waals surface area contributed by atoms with E-state index in [1.807, 2.05) is 47.3 Å². The Labute approximate surface area is 181 Å². The number of benzene rings is 1. The van der Waals surface area contributed by atoms with Crippen LogP contribution in [0.3, 0.4) is 0 Å². The Morgan fingerprint density at radius 2 is 1.68 bits per heavy atom. The average Bonchev–Trinajstić information content (AvgIpc) is 3.44. The standard InChI is InChI=1S/C24H26N6O/c1-2-7-14-29(15-8-3-1)23-11-13-25-24(26-23)21-17-22(20-12-16-31-28-20)30(27-21)18-19-9-5-4-6-10-19/h4-6,9-13,16-17H,1-3,7-8,14-15,18H2. The van der Waals surface area contributed by atoms with Gasteiger partial charge in [-0.3, -0.25) is 4.68 Å². The minimum absolute atomic E-state index is 0.634. The Hall–Kier alpha value is -3.48. The van der Waals surface area contributed by atoms with E-state index < -0.39 is 0 Å². The summed E-state index contributed by atoms with van der Waals surface area (Å²) in [5.41, 5.74) is 3.53. The van der Waals surface area contributed by atoms with E-state index in [-0.39, 0.29) is 0 Å². The van der Waals surface area contributed by atoms with Crippen LogP contribution in [0, 0.1) is 0 Å². The minimum Gasteiger partial charge on any atom is -0.364 e. The molecule has 0 radical (unpaired) electrons.